The summed E-state index contributed by atoms with van der Waals surface area (Å²) in [4.78, 5) is 0. The first-order valence-corrected chi connectivity index (χ1v) is 5.67. The zero-order chi connectivity index (χ0) is 12.7. The Morgan fingerprint density at radius 2 is 2.41 bits per heavy atom. The van der Waals surface area contributed by atoms with E-state index in [1.807, 2.05) is 6.07 Å². The Labute approximate surface area is 108 Å². The quantitative estimate of drug-likeness (QED) is 0.495. The number of phenolic OH excluding ortho intramolecular Hbond substituents is 1. The smallest absolute Gasteiger partial charge is 0.172 e. The Balaban J connectivity index is 2.72. The molecule has 0 aliphatic rings. The summed E-state index contributed by atoms with van der Waals surface area (Å²) in [7, 11) is 1.48. The number of halogens is 1. The number of ether oxygens (including phenoxy) is 1. The minimum Gasteiger partial charge on any atom is -0.503 e. The fraction of sp³-hybridized carbons (Fsp3) is 0.273. The van der Waals surface area contributed by atoms with Crippen LogP contribution in [0, 0.1) is 11.3 Å². The summed E-state index contributed by atoms with van der Waals surface area (Å²) in [6.45, 7) is 0.503. The molecule has 5 nitrogen and oxygen atoms in total. The van der Waals surface area contributed by atoms with E-state index in [0.29, 0.717) is 23.2 Å². The highest BCUT2D eigenvalue weighted by Crippen LogP contribution is 2.34. The summed E-state index contributed by atoms with van der Waals surface area (Å²) in [5, 5.41) is 21.9. The second kappa shape index (κ2) is 6.76. The zero-order valence-corrected chi connectivity index (χ0v) is 10.9. The van der Waals surface area contributed by atoms with E-state index in [9.17, 15) is 5.11 Å². The summed E-state index contributed by atoms with van der Waals surface area (Å²) < 4.78 is 5.54. The molecule has 0 radical (unpaired) electrons. The monoisotopic (exact) mass is 297 g/mol. The molecule has 0 spiro atoms. The van der Waals surface area contributed by atoms with Crippen LogP contribution in [0.4, 0.5) is 0 Å². The molecule has 2 N–H and O–H groups in total. The van der Waals surface area contributed by atoms with Gasteiger partial charge in [0.2, 0.25) is 0 Å². The van der Waals surface area contributed by atoms with Crippen LogP contribution in [0.3, 0.4) is 0 Å². The maximum absolute atomic E-state index is 9.60. The van der Waals surface area contributed by atoms with Crippen molar-refractivity contribution in [1.82, 2.24) is 5.43 Å². The van der Waals surface area contributed by atoms with Gasteiger partial charge in [-0.05, 0) is 33.6 Å². The molecular formula is C11H12BrN3O2. The van der Waals surface area contributed by atoms with Crippen LogP contribution in [0.1, 0.15) is 12.0 Å². The molecule has 1 aromatic carbocycles. The number of hydrogen-bond donors (Lipinski definition) is 2. The zero-order valence-electron chi connectivity index (χ0n) is 9.27. The van der Waals surface area contributed by atoms with Crippen LogP contribution in [0.5, 0.6) is 11.5 Å². The van der Waals surface area contributed by atoms with Gasteiger partial charge < -0.3 is 15.3 Å². The largest absolute Gasteiger partial charge is 0.503 e. The van der Waals surface area contributed by atoms with Crippen LogP contribution in [-0.4, -0.2) is 25.0 Å². The predicted octanol–water partition coefficient (Wildman–Crippen LogP) is 2.00. The lowest BCUT2D eigenvalue weighted by atomic mass is 10.2. The molecule has 0 saturated heterocycles. The Morgan fingerprint density at radius 1 is 1.65 bits per heavy atom. The van der Waals surface area contributed by atoms with Crippen LogP contribution in [0.25, 0.3) is 0 Å². The van der Waals surface area contributed by atoms with Gasteiger partial charge >= 0.3 is 0 Å². The SMILES string of the molecule is COc1cc(/C=N\NCCC#N)cc(Br)c1O. The first kappa shape index (κ1) is 13.3. The highest BCUT2D eigenvalue weighted by atomic mass is 79.9. The minimum absolute atomic E-state index is 0.0575. The van der Waals surface area contributed by atoms with E-state index >= 15 is 0 Å². The normalized spacial score (nSPS) is 10.2. The van der Waals surface area contributed by atoms with Gasteiger partial charge in [0.05, 0.1) is 30.3 Å². The summed E-state index contributed by atoms with van der Waals surface area (Å²) in [5.74, 6) is 0.430. The van der Waals surface area contributed by atoms with Gasteiger partial charge in [0.25, 0.3) is 0 Å². The fourth-order valence-electron chi connectivity index (χ4n) is 1.12. The number of phenols is 1. The molecule has 0 bridgehead atoms. The van der Waals surface area contributed by atoms with Crippen molar-refractivity contribution in [3.05, 3.63) is 22.2 Å². The average molecular weight is 298 g/mol. The third-order valence-electron chi connectivity index (χ3n) is 1.92. The molecule has 1 rings (SSSR count). The molecular weight excluding hydrogens is 286 g/mol. The van der Waals surface area contributed by atoms with Crippen molar-refractivity contribution >= 4 is 22.1 Å². The summed E-state index contributed by atoms with van der Waals surface area (Å²) >= 11 is 3.22. The van der Waals surface area contributed by atoms with Crippen molar-refractivity contribution in [1.29, 1.82) is 5.26 Å². The Kier molecular flexibility index (Phi) is 5.30. The number of hydrazone groups is 1. The molecule has 1 aromatic rings. The van der Waals surface area contributed by atoms with Crippen molar-refractivity contribution in [3.63, 3.8) is 0 Å². The number of hydrogen-bond acceptors (Lipinski definition) is 5. The van der Waals surface area contributed by atoms with Crippen LogP contribution in [-0.2, 0) is 0 Å². The summed E-state index contributed by atoms with van der Waals surface area (Å²) in [6.07, 6.45) is 1.99. The number of nitrogens with one attached hydrogen (secondary N) is 1. The van der Waals surface area contributed by atoms with Crippen LogP contribution in [0.15, 0.2) is 21.7 Å². The maximum atomic E-state index is 9.60. The van der Waals surface area contributed by atoms with E-state index in [-0.39, 0.29) is 5.75 Å². The summed E-state index contributed by atoms with van der Waals surface area (Å²) in [5.41, 5.74) is 3.51. The predicted molar refractivity (Wildman–Crippen MR) is 68.2 cm³/mol. The van der Waals surface area contributed by atoms with Gasteiger partial charge in [-0.15, -0.1) is 0 Å². The van der Waals surface area contributed by atoms with Gasteiger partial charge in [0, 0.05) is 6.54 Å². The standard InChI is InChI=1S/C11H12BrN3O2/c1-17-10-6-8(5-9(12)11(10)16)7-15-14-4-2-3-13/h5-7,14,16H,2,4H2,1H3/b15-7-. The molecule has 90 valence electrons. The second-order valence-corrected chi connectivity index (χ2v) is 3.98. The van der Waals surface area contributed by atoms with Crippen molar-refractivity contribution in [2.45, 2.75) is 6.42 Å². The molecule has 0 aromatic heterocycles. The Bertz CT molecular complexity index is 455. The van der Waals surface area contributed by atoms with Gasteiger partial charge in [-0.25, -0.2) is 0 Å². The molecule has 0 atom stereocenters. The van der Waals surface area contributed by atoms with Crippen LogP contribution in [0.2, 0.25) is 0 Å². The van der Waals surface area contributed by atoms with Crippen LogP contribution >= 0.6 is 15.9 Å². The molecule has 0 saturated carbocycles. The lowest BCUT2D eigenvalue weighted by Crippen LogP contribution is -2.06. The minimum atomic E-state index is 0.0575. The number of benzene rings is 1. The molecule has 0 heterocycles. The van der Waals surface area contributed by atoms with E-state index in [2.05, 4.69) is 26.5 Å². The number of nitrogens with zero attached hydrogens (tertiary/aromatic N) is 2. The highest BCUT2D eigenvalue weighted by Gasteiger charge is 2.07. The molecule has 0 aliphatic carbocycles. The number of rotatable bonds is 5. The van der Waals surface area contributed by atoms with Crippen molar-refractivity contribution < 1.29 is 9.84 Å². The van der Waals surface area contributed by atoms with E-state index in [1.54, 1.807) is 18.3 Å². The summed E-state index contributed by atoms with van der Waals surface area (Å²) in [6, 6.07) is 5.38. The molecule has 0 unspecified atom stereocenters. The van der Waals surface area contributed by atoms with Gasteiger partial charge in [-0.1, -0.05) is 0 Å². The molecule has 0 fully saturated rings. The number of aromatic hydroxyl groups is 1. The third kappa shape index (κ3) is 3.96. The third-order valence-corrected chi connectivity index (χ3v) is 2.53. The van der Waals surface area contributed by atoms with Crippen molar-refractivity contribution in [3.8, 4) is 17.6 Å². The fourth-order valence-corrected chi connectivity index (χ4v) is 1.58. The Morgan fingerprint density at radius 3 is 3.06 bits per heavy atom. The Hall–Kier alpha value is -1.74. The van der Waals surface area contributed by atoms with E-state index in [1.165, 1.54) is 7.11 Å². The van der Waals surface area contributed by atoms with E-state index in [4.69, 9.17) is 10.00 Å². The van der Waals surface area contributed by atoms with Gasteiger partial charge in [-0.2, -0.15) is 10.4 Å². The molecule has 0 aliphatic heterocycles. The van der Waals surface area contributed by atoms with E-state index in [0.717, 1.165) is 5.56 Å². The molecule has 0 amide bonds. The lowest BCUT2D eigenvalue weighted by Gasteiger charge is -2.06. The second-order valence-electron chi connectivity index (χ2n) is 3.13. The average Bonchev–Trinajstić information content (AvgIpc) is 2.33. The number of methoxy groups -OCH3 is 1. The van der Waals surface area contributed by atoms with Crippen molar-refractivity contribution in [2.24, 2.45) is 5.10 Å². The van der Waals surface area contributed by atoms with Gasteiger partial charge in [-0.3, -0.25) is 0 Å². The van der Waals surface area contributed by atoms with Crippen LogP contribution < -0.4 is 10.2 Å². The highest BCUT2D eigenvalue weighted by molar-refractivity contribution is 9.10. The van der Waals surface area contributed by atoms with Crippen molar-refractivity contribution in [2.75, 3.05) is 13.7 Å². The maximum Gasteiger partial charge on any atom is 0.172 e. The van der Waals surface area contributed by atoms with Gasteiger partial charge in [0.1, 0.15) is 0 Å². The first-order chi connectivity index (χ1) is 8.19. The molecule has 6 heteroatoms. The van der Waals surface area contributed by atoms with E-state index < -0.39 is 0 Å². The van der Waals surface area contributed by atoms with Gasteiger partial charge in [0.15, 0.2) is 11.5 Å². The first-order valence-electron chi connectivity index (χ1n) is 4.88. The lowest BCUT2D eigenvalue weighted by molar-refractivity contribution is 0.372. The topological polar surface area (TPSA) is 77.6 Å². The molecule has 17 heavy (non-hydrogen) atoms. The number of nitriles is 1.